The zero-order valence-electron chi connectivity index (χ0n) is 22.5. The number of anilines is 1. The largest absolute Gasteiger partial charge is 0.450 e. The van der Waals surface area contributed by atoms with E-state index in [2.05, 4.69) is 4.98 Å². The molecule has 0 N–H and O–H groups in total. The zero-order valence-corrected chi connectivity index (χ0v) is 24.9. The Labute approximate surface area is 247 Å². The highest BCUT2D eigenvalue weighted by molar-refractivity contribution is 7.89. The predicted octanol–water partition coefficient (Wildman–Crippen LogP) is 4.96. The van der Waals surface area contributed by atoms with Gasteiger partial charge < -0.3 is 9.64 Å². The third-order valence-electron chi connectivity index (χ3n) is 6.66. The van der Waals surface area contributed by atoms with Crippen LogP contribution < -0.4 is 4.90 Å². The highest BCUT2D eigenvalue weighted by Gasteiger charge is 2.31. The number of carbonyl (C=O) groups excluding carboxylic acids is 2. The number of ether oxygens (including phenoxy) is 1. The number of halogens is 1. The van der Waals surface area contributed by atoms with Crippen molar-refractivity contribution in [3.8, 4) is 0 Å². The number of fused-ring (bicyclic) bond motifs is 1. The van der Waals surface area contributed by atoms with Gasteiger partial charge in [0.2, 0.25) is 10.0 Å². The third-order valence-corrected chi connectivity index (χ3v) is 9.82. The second kappa shape index (κ2) is 12.1. The first kappa shape index (κ1) is 28.9. The van der Waals surface area contributed by atoms with Crippen molar-refractivity contribution >= 4 is 60.3 Å². The Hall–Kier alpha value is -3.58. The van der Waals surface area contributed by atoms with Crippen LogP contribution >= 0.6 is 22.9 Å². The maximum Gasteiger partial charge on any atom is 0.409 e. The van der Waals surface area contributed by atoms with E-state index in [9.17, 15) is 18.0 Å². The number of benzene rings is 2. The lowest BCUT2D eigenvalue weighted by Gasteiger charge is -2.33. The van der Waals surface area contributed by atoms with Gasteiger partial charge in [0.1, 0.15) is 0 Å². The number of sulfonamides is 1. The molecule has 0 radical (unpaired) electrons. The van der Waals surface area contributed by atoms with Crippen molar-refractivity contribution in [2.75, 3.05) is 37.7 Å². The van der Waals surface area contributed by atoms with E-state index in [4.69, 9.17) is 21.3 Å². The standard InChI is InChI=1S/C28H28ClN5O5S2/c1-3-39-28(36)32-12-14-33(15-13-32)41(37,38)23-9-7-20(8-10-23)26(35)34(18-22-6-4-5-11-30-22)27-31-25-19(2)16-21(29)17-24(25)40-27/h4-11,16-17H,3,12-15,18H2,1-2H3. The lowest BCUT2D eigenvalue weighted by molar-refractivity contribution is 0.0933. The number of aromatic nitrogens is 2. The van der Waals surface area contributed by atoms with E-state index in [0.29, 0.717) is 21.4 Å². The van der Waals surface area contributed by atoms with Crippen LogP contribution in [0.5, 0.6) is 0 Å². The van der Waals surface area contributed by atoms with Crippen molar-refractivity contribution in [1.82, 2.24) is 19.2 Å². The van der Waals surface area contributed by atoms with Crippen LogP contribution in [0.15, 0.2) is 65.7 Å². The van der Waals surface area contributed by atoms with Gasteiger partial charge in [-0.3, -0.25) is 14.7 Å². The molecule has 1 aliphatic heterocycles. The van der Waals surface area contributed by atoms with Gasteiger partial charge in [-0.1, -0.05) is 29.0 Å². The van der Waals surface area contributed by atoms with Crippen LogP contribution in [0, 0.1) is 6.92 Å². The molecule has 2 aromatic heterocycles. The number of carbonyl (C=O) groups is 2. The van der Waals surface area contributed by atoms with Gasteiger partial charge in [0.25, 0.3) is 5.91 Å². The van der Waals surface area contributed by atoms with Crippen LogP contribution in [0.4, 0.5) is 9.93 Å². The minimum Gasteiger partial charge on any atom is -0.450 e. The first-order chi connectivity index (χ1) is 19.7. The average Bonchev–Trinajstić information content (AvgIpc) is 3.40. The average molecular weight is 614 g/mol. The van der Waals surface area contributed by atoms with Crippen molar-refractivity contribution < 1.29 is 22.7 Å². The second-order valence-electron chi connectivity index (χ2n) is 9.39. The number of hydrogen-bond acceptors (Lipinski definition) is 8. The molecule has 4 aromatic rings. The first-order valence-corrected chi connectivity index (χ1v) is 15.6. The van der Waals surface area contributed by atoms with Crippen LogP contribution in [-0.4, -0.2) is 72.4 Å². The van der Waals surface area contributed by atoms with E-state index >= 15 is 0 Å². The third kappa shape index (κ3) is 6.20. The monoisotopic (exact) mass is 613 g/mol. The molecule has 1 saturated heterocycles. The van der Waals surface area contributed by atoms with Gasteiger partial charge in [-0.15, -0.1) is 0 Å². The zero-order chi connectivity index (χ0) is 29.1. The molecule has 41 heavy (non-hydrogen) atoms. The van der Waals surface area contributed by atoms with Crippen LogP contribution in [-0.2, 0) is 21.3 Å². The molecule has 0 spiro atoms. The fraction of sp³-hybridized carbons (Fsp3) is 0.286. The summed E-state index contributed by atoms with van der Waals surface area (Å²) in [6, 6.07) is 15.0. The number of piperazine rings is 1. The molecule has 0 atom stereocenters. The molecule has 0 aliphatic carbocycles. The Balaban J connectivity index is 1.39. The van der Waals surface area contributed by atoms with Crippen LogP contribution in [0.1, 0.15) is 28.5 Å². The normalized spacial score (nSPS) is 14.3. The molecule has 5 rings (SSSR count). The number of rotatable bonds is 7. The number of amides is 2. The quantitative estimate of drug-likeness (QED) is 0.289. The Morgan fingerprint density at radius 1 is 1.07 bits per heavy atom. The molecule has 0 saturated carbocycles. The Morgan fingerprint density at radius 3 is 2.46 bits per heavy atom. The van der Waals surface area contributed by atoms with Gasteiger partial charge in [0.05, 0.1) is 34.0 Å². The molecular formula is C28H28ClN5O5S2. The maximum atomic E-state index is 13.8. The van der Waals surface area contributed by atoms with Crippen molar-refractivity contribution in [3.05, 3.63) is 82.6 Å². The fourth-order valence-electron chi connectivity index (χ4n) is 4.54. The van der Waals surface area contributed by atoms with E-state index in [1.54, 1.807) is 24.1 Å². The molecule has 2 aromatic carbocycles. The SMILES string of the molecule is CCOC(=O)N1CCN(S(=O)(=O)c2ccc(C(=O)N(Cc3ccccn3)c3nc4c(C)cc(Cl)cc4s3)cc2)CC1. The second-order valence-corrected chi connectivity index (χ2v) is 12.8. The van der Waals surface area contributed by atoms with Gasteiger partial charge >= 0.3 is 6.09 Å². The van der Waals surface area contributed by atoms with Gasteiger partial charge in [-0.25, -0.2) is 18.2 Å². The Kier molecular flexibility index (Phi) is 8.55. The summed E-state index contributed by atoms with van der Waals surface area (Å²) < 4.78 is 33.8. The van der Waals surface area contributed by atoms with E-state index in [-0.39, 0.29) is 50.1 Å². The molecule has 3 heterocycles. The minimum absolute atomic E-state index is 0.0696. The minimum atomic E-state index is -3.82. The van der Waals surface area contributed by atoms with Crippen molar-refractivity contribution in [2.24, 2.45) is 0 Å². The lowest BCUT2D eigenvalue weighted by atomic mass is 10.2. The molecule has 10 nitrogen and oxygen atoms in total. The Morgan fingerprint density at radius 2 is 1.80 bits per heavy atom. The van der Waals surface area contributed by atoms with Gasteiger partial charge in [0.15, 0.2) is 5.13 Å². The smallest absolute Gasteiger partial charge is 0.409 e. The first-order valence-electron chi connectivity index (χ1n) is 13.0. The summed E-state index contributed by atoms with van der Waals surface area (Å²) in [7, 11) is -3.82. The molecular weight excluding hydrogens is 586 g/mol. The van der Waals surface area contributed by atoms with Crippen LogP contribution in [0.2, 0.25) is 5.02 Å². The Bertz CT molecular complexity index is 1670. The van der Waals surface area contributed by atoms with Gasteiger partial charge in [-0.2, -0.15) is 4.31 Å². The van der Waals surface area contributed by atoms with Gasteiger partial charge in [-0.05, 0) is 67.9 Å². The lowest BCUT2D eigenvalue weighted by Crippen LogP contribution is -2.50. The van der Waals surface area contributed by atoms with Crippen LogP contribution in [0.25, 0.3) is 10.2 Å². The summed E-state index contributed by atoms with van der Waals surface area (Å²) >= 11 is 7.60. The molecule has 214 valence electrons. The van der Waals surface area contributed by atoms with Crippen molar-refractivity contribution in [1.29, 1.82) is 0 Å². The highest BCUT2D eigenvalue weighted by atomic mass is 35.5. The maximum absolute atomic E-state index is 13.8. The molecule has 0 unspecified atom stereocenters. The van der Waals surface area contributed by atoms with E-state index in [1.165, 1.54) is 44.8 Å². The predicted molar refractivity (Wildman–Crippen MR) is 158 cm³/mol. The van der Waals surface area contributed by atoms with Crippen LogP contribution in [0.3, 0.4) is 0 Å². The van der Waals surface area contributed by atoms with Crippen molar-refractivity contribution in [2.45, 2.75) is 25.3 Å². The molecule has 2 amide bonds. The fourth-order valence-corrected chi connectivity index (χ4v) is 7.38. The van der Waals surface area contributed by atoms with E-state index in [1.807, 2.05) is 31.2 Å². The van der Waals surface area contributed by atoms with Gasteiger partial charge in [0, 0.05) is 43.0 Å². The summed E-state index contributed by atoms with van der Waals surface area (Å²) in [5.41, 5.74) is 2.65. The number of nitrogens with zero attached hydrogens (tertiary/aromatic N) is 5. The number of hydrogen-bond donors (Lipinski definition) is 0. The topological polar surface area (TPSA) is 113 Å². The van der Waals surface area contributed by atoms with E-state index in [0.717, 1.165) is 15.8 Å². The summed E-state index contributed by atoms with van der Waals surface area (Å²) in [5, 5.41) is 1.07. The molecule has 1 fully saturated rings. The van der Waals surface area contributed by atoms with Crippen molar-refractivity contribution in [3.63, 3.8) is 0 Å². The summed E-state index contributed by atoms with van der Waals surface area (Å²) in [6.45, 7) is 4.86. The molecule has 13 heteroatoms. The summed E-state index contributed by atoms with van der Waals surface area (Å²) in [5.74, 6) is -0.342. The summed E-state index contributed by atoms with van der Waals surface area (Å²) in [4.78, 5) is 38.0. The molecule has 1 aliphatic rings. The highest BCUT2D eigenvalue weighted by Crippen LogP contribution is 2.34. The summed E-state index contributed by atoms with van der Waals surface area (Å²) in [6.07, 6.45) is 1.21. The number of thiazole rings is 1. The number of aryl methyl sites for hydroxylation is 1. The molecule has 0 bridgehead atoms. The number of pyridine rings is 1. The van der Waals surface area contributed by atoms with E-state index < -0.39 is 16.1 Å².